The van der Waals surface area contributed by atoms with Gasteiger partial charge in [-0.25, -0.2) is 22.0 Å². The molecule has 0 spiro atoms. The monoisotopic (exact) mass is 250 g/mol. The summed E-state index contributed by atoms with van der Waals surface area (Å²) in [4.78, 5) is 10.4. The number of aromatic carboxylic acids is 1. The molecule has 16 heavy (non-hydrogen) atoms. The molecule has 1 N–H and O–H groups in total. The molecule has 4 nitrogen and oxygen atoms in total. The maximum atomic E-state index is 13.1. The van der Waals surface area contributed by atoms with Crippen molar-refractivity contribution in [1.29, 1.82) is 0 Å². The van der Waals surface area contributed by atoms with E-state index in [0.717, 1.165) is 6.26 Å². The maximum Gasteiger partial charge on any atom is 0.341 e. The van der Waals surface area contributed by atoms with E-state index < -0.39 is 38.8 Å². The van der Waals surface area contributed by atoms with E-state index in [4.69, 9.17) is 5.11 Å². The van der Waals surface area contributed by atoms with Gasteiger partial charge < -0.3 is 5.11 Å². The van der Waals surface area contributed by atoms with E-state index in [1.165, 1.54) is 0 Å². The highest BCUT2D eigenvalue weighted by molar-refractivity contribution is 7.89. The lowest BCUT2D eigenvalue weighted by Crippen LogP contribution is -2.08. The smallest absolute Gasteiger partial charge is 0.341 e. The molecule has 7 heteroatoms. The molecule has 0 aliphatic rings. The molecule has 0 aromatic heterocycles. The fraction of sp³-hybridized carbons (Fsp3) is 0.222. The second-order valence-corrected chi connectivity index (χ2v) is 5.45. The number of carboxylic acid groups (broad SMARTS) is 1. The van der Waals surface area contributed by atoms with E-state index in [1.807, 2.05) is 0 Å². The Hall–Kier alpha value is -1.50. The Bertz CT molecular complexity index is 513. The molecule has 88 valence electrons. The van der Waals surface area contributed by atoms with E-state index in [9.17, 15) is 22.0 Å². The lowest BCUT2D eigenvalue weighted by molar-refractivity contribution is 0.0686. The van der Waals surface area contributed by atoms with Crippen molar-refractivity contribution in [2.75, 3.05) is 6.26 Å². The van der Waals surface area contributed by atoms with E-state index in [-0.39, 0.29) is 5.56 Å². The summed E-state index contributed by atoms with van der Waals surface area (Å²) < 4.78 is 48.0. The van der Waals surface area contributed by atoms with Crippen molar-refractivity contribution >= 4 is 15.8 Å². The van der Waals surface area contributed by atoms with E-state index in [2.05, 4.69) is 0 Å². The first-order chi connectivity index (χ1) is 7.20. The summed E-state index contributed by atoms with van der Waals surface area (Å²) in [7, 11) is -3.42. The molecule has 0 amide bonds. The van der Waals surface area contributed by atoms with Gasteiger partial charge in [0.25, 0.3) is 0 Å². The number of hydrogen-bond acceptors (Lipinski definition) is 3. The predicted octanol–water partition coefficient (Wildman–Crippen LogP) is 1.21. The van der Waals surface area contributed by atoms with Crippen molar-refractivity contribution in [1.82, 2.24) is 0 Å². The Morgan fingerprint density at radius 2 is 1.75 bits per heavy atom. The highest BCUT2D eigenvalue weighted by Gasteiger charge is 2.18. The Morgan fingerprint density at radius 3 is 2.06 bits per heavy atom. The van der Waals surface area contributed by atoms with Gasteiger partial charge in [-0.1, -0.05) is 0 Å². The van der Waals surface area contributed by atoms with Crippen LogP contribution in [0.5, 0.6) is 0 Å². The Morgan fingerprint density at radius 1 is 1.31 bits per heavy atom. The van der Waals surface area contributed by atoms with Crippen LogP contribution in [0.2, 0.25) is 0 Å². The van der Waals surface area contributed by atoms with Crippen LogP contribution in [0.4, 0.5) is 8.78 Å². The molecule has 1 aromatic carbocycles. The van der Waals surface area contributed by atoms with Crippen molar-refractivity contribution in [3.63, 3.8) is 0 Å². The van der Waals surface area contributed by atoms with Gasteiger partial charge in [0, 0.05) is 6.26 Å². The van der Waals surface area contributed by atoms with Crippen LogP contribution in [0.3, 0.4) is 0 Å². The predicted molar refractivity (Wildman–Crippen MR) is 51.9 cm³/mol. The van der Waals surface area contributed by atoms with Crippen molar-refractivity contribution < 1.29 is 27.1 Å². The lowest BCUT2D eigenvalue weighted by Gasteiger charge is -2.04. The third-order valence-electron chi connectivity index (χ3n) is 1.74. The van der Waals surface area contributed by atoms with Crippen molar-refractivity contribution in [3.8, 4) is 0 Å². The van der Waals surface area contributed by atoms with Crippen molar-refractivity contribution in [3.05, 3.63) is 34.9 Å². The molecule has 0 saturated carbocycles. The van der Waals surface area contributed by atoms with Gasteiger partial charge in [-0.05, 0) is 17.7 Å². The molecule has 0 bridgehead atoms. The standard InChI is InChI=1S/C9H8F2O4S/c1-16(14,15)4-5-2-6(10)8(9(12)13)7(11)3-5/h2-3H,4H2,1H3,(H,12,13). The first-order valence-corrected chi connectivity index (χ1v) is 6.15. The third-order valence-corrected chi connectivity index (χ3v) is 2.60. The maximum absolute atomic E-state index is 13.1. The first-order valence-electron chi connectivity index (χ1n) is 4.09. The van der Waals surface area contributed by atoms with Crippen LogP contribution < -0.4 is 0 Å². The van der Waals surface area contributed by atoms with Gasteiger partial charge in [-0.3, -0.25) is 0 Å². The van der Waals surface area contributed by atoms with Crippen LogP contribution in [0, 0.1) is 11.6 Å². The van der Waals surface area contributed by atoms with Gasteiger partial charge in [-0.15, -0.1) is 0 Å². The molecule has 0 radical (unpaired) electrons. The van der Waals surface area contributed by atoms with Crippen LogP contribution in [-0.2, 0) is 15.6 Å². The molecule has 1 aromatic rings. The summed E-state index contributed by atoms with van der Waals surface area (Å²) in [5.41, 5.74) is -1.21. The molecule has 0 heterocycles. The minimum atomic E-state index is -3.42. The third kappa shape index (κ3) is 2.99. The Labute approximate surface area is 90.4 Å². The Balaban J connectivity index is 3.25. The van der Waals surface area contributed by atoms with Gasteiger partial charge in [0.1, 0.15) is 17.2 Å². The van der Waals surface area contributed by atoms with Crippen LogP contribution in [-0.4, -0.2) is 25.7 Å². The second-order valence-electron chi connectivity index (χ2n) is 3.31. The minimum Gasteiger partial charge on any atom is -0.477 e. The quantitative estimate of drug-likeness (QED) is 0.875. The summed E-state index contributed by atoms with van der Waals surface area (Å²) in [6.07, 6.45) is 0.911. The zero-order valence-corrected chi connectivity index (χ0v) is 9.01. The van der Waals surface area contributed by atoms with E-state index >= 15 is 0 Å². The number of sulfone groups is 1. The molecule has 0 aliphatic carbocycles. The largest absolute Gasteiger partial charge is 0.477 e. The van der Waals surface area contributed by atoms with Gasteiger partial charge in [0.2, 0.25) is 0 Å². The molecule has 0 fully saturated rings. The fourth-order valence-electron chi connectivity index (χ4n) is 1.22. The topological polar surface area (TPSA) is 71.4 Å². The molecular weight excluding hydrogens is 242 g/mol. The van der Waals surface area contributed by atoms with Gasteiger partial charge in [-0.2, -0.15) is 0 Å². The highest BCUT2D eigenvalue weighted by atomic mass is 32.2. The zero-order valence-electron chi connectivity index (χ0n) is 8.20. The molecule has 0 unspecified atom stereocenters. The summed E-state index contributed by atoms with van der Waals surface area (Å²) in [5, 5.41) is 8.47. The molecule has 0 aliphatic heterocycles. The first kappa shape index (κ1) is 12.6. The average molecular weight is 250 g/mol. The van der Waals surface area contributed by atoms with Crippen LogP contribution >= 0.6 is 0 Å². The summed E-state index contributed by atoms with van der Waals surface area (Å²) in [6, 6.07) is 1.40. The molecular formula is C9H8F2O4S. The van der Waals surface area contributed by atoms with Gasteiger partial charge >= 0.3 is 5.97 Å². The normalized spacial score (nSPS) is 11.4. The van der Waals surface area contributed by atoms with Crippen LogP contribution in [0.25, 0.3) is 0 Å². The van der Waals surface area contributed by atoms with Crippen LogP contribution in [0.15, 0.2) is 12.1 Å². The second kappa shape index (κ2) is 4.17. The minimum absolute atomic E-state index is 0.123. The number of halogens is 2. The number of carboxylic acids is 1. The lowest BCUT2D eigenvalue weighted by atomic mass is 10.1. The number of rotatable bonds is 3. The van der Waals surface area contributed by atoms with Gasteiger partial charge in [0.15, 0.2) is 9.84 Å². The zero-order chi connectivity index (χ0) is 12.5. The van der Waals surface area contributed by atoms with E-state index in [0.29, 0.717) is 12.1 Å². The molecule has 1 rings (SSSR count). The summed E-state index contributed by atoms with van der Waals surface area (Å²) in [6.45, 7) is 0. The number of benzene rings is 1. The van der Waals surface area contributed by atoms with Crippen molar-refractivity contribution in [2.45, 2.75) is 5.75 Å². The van der Waals surface area contributed by atoms with Crippen LogP contribution in [0.1, 0.15) is 15.9 Å². The average Bonchev–Trinajstić information content (AvgIpc) is 1.96. The summed E-state index contributed by atoms with van der Waals surface area (Å²) >= 11 is 0. The van der Waals surface area contributed by atoms with Crippen molar-refractivity contribution in [2.24, 2.45) is 0 Å². The van der Waals surface area contributed by atoms with Gasteiger partial charge in [0.05, 0.1) is 5.75 Å². The Kier molecular flexibility index (Phi) is 3.27. The molecule has 0 saturated heterocycles. The number of carbonyl (C=O) groups is 1. The van der Waals surface area contributed by atoms with E-state index in [1.54, 1.807) is 0 Å². The molecule has 0 atom stereocenters. The fourth-order valence-corrected chi connectivity index (χ4v) is 1.99. The summed E-state index contributed by atoms with van der Waals surface area (Å²) in [5.74, 6) is -4.85. The highest BCUT2D eigenvalue weighted by Crippen LogP contribution is 2.17. The number of hydrogen-bond donors (Lipinski definition) is 1. The SMILES string of the molecule is CS(=O)(=O)Cc1cc(F)c(C(=O)O)c(F)c1.